The highest BCUT2D eigenvalue weighted by Crippen LogP contribution is 2.32. The second kappa shape index (κ2) is 5.74. The van der Waals surface area contributed by atoms with E-state index in [0.29, 0.717) is 27.7 Å². The molecule has 4 nitrogen and oxygen atoms in total. The first-order chi connectivity index (χ1) is 9.66. The Morgan fingerprint density at radius 1 is 1.40 bits per heavy atom. The summed E-state index contributed by atoms with van der Waals surface area (Å²) >= 11 is 3.43. The van der Waals surface area contributed by atoms with E-state index in [1.165, 1.54) is 0 Å². The maximum atomic E-state index is 12.8. The van der Waals surface area contributed by atoms with Crippen molar-refractivity contribution in [3.05, 3.63) is 28.2 Å². The quantitative estimate of drug-likeness (QED) is 0.858. The number of carbonyl (C=O) groups excluding carboxylic acids is 1. The Hall–Kier alpha value is -1.07. The Kier molecular flexibility index (Phi) is 3.98. The Morgan fingerprint density at radius 2 is 2.20 bits per heavy atom. The number of benzene rings is 1. The number of hydrogen-bond donors (Lipinski definition) is 1. The Balaban J connectivity index is 1.79. The van der Waals surface area contributed by atoms with E-state index in [-0.39, 0.29) is 5.91 Å². The molecular weight excluding hydrogens is 320 g/mol. The summed E-state index contributed by atoms with van der Waals surface area (Å²) in [5.74, 6) is 0.554. The lowest BCUT2D eigenvalue weighted by Gasteiger charge is -2.26. The van der Waals surface area contributed by atoms with Gasteiger partial charge in [-0.2, -0.15) is 0 Å². The van der Waals surface area contributed by atoms with E-state index in [1.807, 2.05) is 17.0 Å². The molecule has 5 heteroatoms. The van der Waals surface area contributed by atoms with Crippen LogP contribution in [0.3, 0.4) is 0 Å². The van der Waals surface area contributed by atoms with Crippen LogP contribution >= 0.6 is 15.9 Å². The van der Waals surface area contributed by atoms with Crippen LogP contribution in [-0.4, -0.2) is 36.6 Å². The van der Waals surface area contributed by atoms with E-state index in [4.69, 9.17) is 10.5 Å². The summed E-state index contributed by atoms with van der Waals surface area (Å²) in [6.07, 6.45) is 3.27. The average Bonchev–Trinajstić information content (AvgIpc) is 3.15. The van der Waals surface area contributed by atoms with Crippen molar-refractivity contribution >= 4 is 27.5 Å². The highest BCUT2D eigenvalue weighted by atomic mass is 79.9. The molecule has 2 fully saturated rings. The molecule has 1 amide bonds. The third kappa shape index (κ3) is 2.83. The molecule has 1 heterocycles. The van der Waals surface area contributed by atoms with Crippen molar-refractivity contribution in [2.24, 2.45) is 5.92 Å². The lowest BCUT2D eigenvalue weighted by molar-refractivity contribution is 0.0705. The molecule has 108 valence electrons. The van der Waals surface area contributed by atoms with Crippen molar-refractivity contribution in [1.82, 2.24) is 4.90 Å². The molecule has 0 aromatic heterocycles. The monoisotopic (exact) mass is 338 g/mol. The largest absolute Gasteiger partial charge is 0.398 e. The molecule has 0 radical (unpaired) electrons. The van der Waals surface area contributed by atoms with Gasteiger partial charge in [0.05, 0.1) is 16.6 Å². The average molecular weight is 339 g/mol. The highest BCUT2D eigenvalue weighted by Gasteiger charge is 2.35. The summed E-state index contributed by atoms with van der Waals surface area (Å²) < 4.78 is 6.13. The van der Waals surface area contributed by atoms with Gasteiger partial charge in [-0.05, 0) is 47.3 Å². The van der Waals surface area contributed by atoms with Crippen molar-refractivity contribution < 1.29 is 9.53 Å². The number of hydrogen-bond acceptors (Lipinski definition) is 3. The molecule has 1 unspecified atom stereocenters. The van der Waals surface area contributed by atoms with E-state index in [0.717, 1.165) is 39.0 Å². The standard InChI is InChI=1S/C15H19BrN2O2/c16-14-12(2-1-3-13(14)17)15(19)18(11-4-5-11)8-10-6-7-20-9-10/h1-3,10-11H,4-9,17H2. The summed E-state index contributed by atoms with van der Waals surface area (Å²) in [6, 6.07) is 5.87. The van der Waals surface area contributed by atoms with Crippen LogP contribution in [0.2, 0.25) is 0 Å². The van der Waals surface area contributed by atoms with Crippen LogP contribution in [0.4, 0.5) is 5.69 Å². The molecule has 1 aliphatic carbocycles. The van der Waals surface area contributed by atoms with Gasteiger partial charge in [-0.3, -0.25) is 4.79 Å². The van der Waals surface area contributed by atoms with Crippen molar-refractivity contribution in [2.45, 2.75) is 25.3 Å². The fourth-order valence-corrected chi connectivity index (χ4v) is 3.09. The number of ether oxygens (including phenoxy) is 1. The minimum absolute atomic E-state index is 0.0820. The number of carbonyl (C=O) groups is 1. The third-order valence-electron chi connectivity index (χ3n) is 3.99. The summed E-state index contributed by atoms with van der Waals surface area (Å²) in [5, 5.41) is 0. The van der Waals surface area contributed by atoms with Gasteiger partial charge in [0, 0.05) is 30.8 Å². The summed E-state index contributed by atoms with van der Waals surface area (Å²) in [5.41, 5.74) is 7.15. The second-order valence-electron chi connectivity index (χ2n) is 5.63. The molecule has 1 saturated heterocycles. The smallest absolute Gasteiger partial charge is 0.255 e. The van der Waals surface area contributed by atoms with Gasteiger partial charge in [0.1, 0.15) is 0 Å². The van der Waals surface area contributed by atoms with Crippen molar-refractivity contribution in [3.63, 3.8) is 0 Å². The second-order valence-corrected chi connectivity index (χ2v) is 6.42. The van der Waals surface area contributed by atoms with Gasteiger partial charge in [-0.25, -0.2) is 0 Å². The van der Waals surface area contributed by atoms with E-state index in [2.05, 4.69) is 15.9 Å². The number of nitrogen functional groups attached to an aromatic ring is 1. The molecule has 3 rings (SSSR count). The van der Waals surface area contributed by atoms with Crippen molar-refractivity contribution in [2.75, 3.05) is 25.5 Å². The molecule has 2 aliphatic rings. The number of halogens is 1. The highest BCUT2D eigenvalue weighted by molar-refractivity contribution is 9.10. The fourth-order valence-electron chi connectivity index (χ4n) is 2.66. The minimum atomic E-state index is 0.0820. The van der Waals surface area contributed by atoms with Crippen molar-refractivity contribution in [1.29, 1.82) is 0 Å². The maximum Gasteiger partial charge on any atom is 0.255 e. The van der Waals surface area contributed by atoms with Crippen LogP contribution in [0.5, 0.6) is 0 Å². The fraction of sp³-hybridized carbons (Fsp3) is 0.533. The first kappa shape index (κ1) is 13.9. The topological polar surface area (TPSA) is 55.6 Å². The van der Waals surface area contributed by atoms with Gasteiger partial charge >= 0.3 is 0 Å². The van der Waals surface area contributed by atoms with E-state index in [1.54, 1.807) is 6.07 Å². The molecule has 1 aliphatic heterocycles. The van der Waals surface area contributed by atoms with Crippen LogP contribution in [0.25, 0.3) is 0 Å². The first-order valence-electron chi connectivity index (χ1n) is 7.09. The summed E-state index contributed by atoms with van der Waals surface area (Å²) in [4.78, 5) is 14.8. The van der Waals surface area contributed by atoms with Crippen LogP contribution in [0.1, 0.15) is 29.6 Å². The predicted molar refractivity (Wildman–Crippen MR) is 81.5 cm³/mol. The molecule has 1 saturated carbocycles. The molecule has 2 N–H and O–H groups in total. The lowest BCUT2D eigenvalue weighted by atomic mass is 10.1. The third-order valence-corrected chi connectivity index (χ3v) is 4.87. The van der Waals surface area contributed by atoms with Crippen LogP contribution in [0, 0.1) is 5.92 Å². The minimum Gasteiger partial charge on any atom is -0.398 e. The zero-order valence-electron chi connectivity index (χ0n) is 11.3. The van der Waals surface area contributed by atoms with Gasteiger partial charge in [0.2, 0.25) is 0 Å². The molecule has 0 spiro atoms. The zero-order valence-corrected chi connectivity index (χ0v) is 12.9. The zero-order chi connectivity index (χ0) is 14.1. The lowest BCUT2D eigenvalue weighted by Crippen LogP contribution is -2.37. The Bertz CT molecular complexity index is 511. The van der Waals surface area contributed by atoms with Gasteiger partial charge in [0.25, 0.3) is 5.91 Å². The molecule has 0 bridgehead atoms. The van der Waals surface area contributed by atoms with Gasteiger partial charge in [-0.1, -0.05) is 6.07 Å². The normalized spacial score (nSPS) is 21.9. The molecule has 20 heavy (non-hydrogen) atoms. The number of amides is 1. The van der Waals surface area contributed by atoms with Gasteiger partial charge < -0.3 is 15.4 Å². The first-order valence-corrected chi connectivity index (χ1v) is 7.89. The molecule has 1 aromatic carbocycles. The molecule has 1 aromatic rings. The van der Waals surface area contributed by atoms with E-state index in [9.17, 15) is 4.79 Å². The van der Waals surface area contributed by atoms with Gasteiger partial charge in [0.15, 0.2) is 0 Å². The van der Waals surface area contributed by atoms with Gasteiger partial charge in [-0.15, -0.1) is 0 Å². The Morgan fingerprint density at radius 3 is 2.85 bits per heavy atom. The van der Waals surface area contributed by atoms with E-state index < -0.39 is 0 Å². The molecule has 1 atom stereocenters. The SMILES string of the molecule is Nc1cccc(C(=O)N(CC2CCOC2)C2CC2)c1Br. The summed E-state index contributed by atoms with van der Waals surface area (Å²) in [7, 11) is 0. The van der Waals surface area contributed by atoms with E-state index >= 15 is 0 Å². The summed E-state index contributed by atoms with van der Waals surface area (Å²) in [6.45, 7) is 2.39. The van der Waals surface area contributed by atoms with Crippen LogP contribution < -0.4 is 5.73 Å². The number of nitrogens with two attached hydrogens (primary N) is 1. The maximum absolute atomic E-state index is 12.8. The number of nitrogens with zero attached hydrogens (tertiary/aromatic N) is 1. The van der Waals surface area contributed by atoms with Crippen LogP contribution in [0.15, 0.2) is 22.7 Å². The van der Waals surface area contributed by atoms with Crippen molar-refractivity contribution in [3.8, 4) is 0 Å². The predicted octanol–water partition coefficient (Wildman–Crippen LogP) is 2.67. The molecular formula is C15H19BrN2O2. The number of anilines is 1. The number of rotatable bonds is 4. The van der Waals surface area contributed by atoms with Crippen LogP contribution in [-0.2, 0) is 4.74 Å². The Labute approximate surface area is 127 Å².